The fourth-order valence-electron chi connectivity index (χ4n) is 9.66. The Labute approximate surface area is 291 Å². The maximum absolute atomic E-state index is 15.0. The van der Waals surface area contributed by atoms with E-state index in [-0.39, 0.29) is 34.5 Å². The topological polar surface area (TPSA) is 91.4 Å². The smallest absolute Gasteiger partial charge is 0.407 e. The van der Waals surface area contributed by atoms with Gasteiger partial charge in [-0.2, -0.15) is 0 Å². The molecule has 0 bridgehead atoms. The summed E-state index contributed by atoms with van der Waals surface area (Å²) in [6, 6.07) is 14.8. The Bertz CT molecular complexity index is 1540. The second-order valence-electron chi connectivity index (χ2n) is 15.2. The molecule has 3 atom stereocenters. The number of piperidine rings is 1. The summed E-state index contributed by atoms with van der Waals surface area (Å²) < 4.78 is 51.6. The van der Waals surface area contributed by atoms with Crippen LogP contribution in [0.1, 0.15) is 56.9 Å². The van der Waals surface area contributed by atoms with Gasteiger partial charge in [-0.05, 0) is 125 Å². The number of anilines is 1. The average molecular weight is 697 g/mol. The van der Waals surface area contributed by atoms with Crippen LogP contribution in [0.5, 0.6) is 0 Å². The van der Waals surface area contributed by atoms with Crippen LogP contribution >= 0.6 is 0 Å². The highest BCUT2D eigenvalue weighted by Crippen LogP contribution is 2.51. The number of rotatable bonds is 11. The number of likely N-dealkylation sites (tertiary alicyclic amines) is 2. The number of halogens is 1. The maximum atomic E-state index is 15.0. The molecule has 11 heteroatoms. The molecule has 1 N–H and O–H groups in total. The minimum atomic E-state index is -3.33. The van der Waals surface area contributed by atoms with Crippen molar-refractivity contribution in [3.8, 4) is 0 Å². The fourth-order valence-corrected chi connectivity index (χ4v) is 11.4. The molecular formula is C38H53FN4O5S. The predicted molar refractivity (Wildman–Crippen MR) is 188 cm³/mol. The van der Waals surface area contributed by atoms with Crippen LogP contribution in [0.3, 0.4) is 0 Å². The Kier molecular flexibility index (Phi) is 10.5. The van der Waals surface area contributed by atoms with Crippen LogP contribution in [0.4, 0.5) is 14.9 Å². The molecule has 5 aliphatic rings. The van der Waals surface area contributed by atoms with Gasteiger partial charge in [0.05, 0.1) is 17.3 Å². The number of hydrogen-bond acceptors (Lipinski definition) is 8. The number of carbonyl (C=O) groups is 1. The van der Waals surface area contributed by atoms with Crippen molar-refractivity contribution in [1.29, 1.82) is 0 Å². The molecule has 1 aliphatic carbocycles. The van der Waals surface area contributed by atoms with Gasteiger partial charge >= 0.3 is 6.09 Å². The number of nitrogens with one attached hydrogen (secondary N) is 1. The Hall–Kier alpha value is -2.73. The summed E-state index contributed by atoms with van der Waals surface area (Å²) in [5.41, 5.74) is 1.91. The van der Waals surface area contributed by atoms with Crippen molar-refractivity contribution in [3.05, 3.63) is 59.9 Å². The van der Waals surface area contributed by atoms with E-state index in [0.717, 1.165) is 95.7 Å². The van der Waals surface area contributed by atoms with Crippen molar-refractivity contribution in [2.75, 3.05) is 77.6 Å². The molecule has 1 saturated carbocycles. The summed E-state index contributed by atoms with van der Waals surface area (Å²) in [7, 11) is -1.90. The van der Waals surface area contributed by atoms with E-state index >= 15 is 0 Å². The highest BCUT2D eigenvalue weighted by molar-refractivity contribution is 7.92. The zero-order valence-electron chi connectivity index (χ0n) is 28.9. The molecule has 268 valence electrons. The van der Waals surface area contributed by atoms with Crippen LogP contribution in [-0.2, 0) is 24.7 Å². The van der Waals surface area contributed by atoms with E-state index in [1.807, 2.05) is 18.2 Å². The lowest BCUT2D eigenvalue weighted by atomic mass is 9.57. The van der Waals surface area contributed by atoms with Gasteiger partial charge in [0, 0.05) is 62.5 Å². The second-order valence-corrected chi connectivity index (χ2v) is 17.4. The molecule has 49 heavy (non-hydrogen) atoms. The first-order valence-corrected chi connectivity index (χ1v) is 20.0. The summed E-state index contributed by atoms with van der Waals surface area (Å²) in [5.74, 6) is 0.970. The van der Waals surface area contributed by atoms with E-state index in [4.69, 9.17) is 9.47 Å². The lowest BCUT2D eigenvalue weighted by Gasteiger charge is -2.54. The quantitative estimate of drug-likeness (QED) is 0.348. The second kappa shape index (κ2) is 14.9. The van der Waals surface area contributed by atoms with Gasteiger partial charge in [0.15, 0.2) is 9.84 Å². The van der Waals surface area contributed by atoms with Gasteiger partial charge in [-0.1, -0.05) is 18.6 Å². The predicted octanol–water partition coefficient (Wildman–Crippen LogP) is 5.10. The molecule has 0 unspecified atom stereocenters. The summed E-state index contributed by atoms with van der Waals surface area (Å²) >= 11 is 0. The lowest BCUT2D eigenvalue weighted by molar-refractivity contribution is 0.0223. The largest absolute Gasteiger partial charge is 0.453 e. The fraction of sp³-hybridized carbons (Fsp3) is 0.658. The van der Waals surface area contributed by atoms with E-state index in [2.05, 4.69) is 26.1 Å². The van der Waals surface area contributed by atoms with Crippen LogP contribution in [0.15, 0.2) is 53.4 Å². The Morgan fingerprint density at radius 2 is 1.67 bits per heavy atom. The van der Waals surface area contributed by atoms with Gasteiger partial charge in [0.1, 0.15) is 5.82 Å². The Balaban J connectivity index is 1.00. The minimum Gasteiger partial charge on any atom is -0.453 e. The molecule has 1 amide bonds. The minimum absolute atomic E-state index is 0.00650. The third-order valence-corrected chi connectivity index (χ3v) is 14.7. The van der Waals surface area contributed by atoms with Crippen molar-refractivity contribution >= 4 is 21.6 Å². The van der Waals surface area contributed by atoms with Gasteiger partial charge in [-0.25, -0.2) is 17.6 Å². The van der Waals surface area contributed by atoms with Gasteiger partial charge in [-0.3, -0.25) is 0 Å². The van der Waals surface area contributed by atoms with E-state index in [9.17, 15) is 17.6 Å². The lowest BCUT2D eigenvalue weighted by Crippen LogP contribution is -2.60. The molecule has 2 aromatic rings. The molecule has 9 nitrogen and oxygen atoms in total. The zero-order chi connectivity index (χ0) is 34.0. The van der Waals surface area contributed by atoms with Crippen LogP contribution in [0.25, 0.3) is 0 Å². The van der Waals surface area contributed by atoms with E-state index < -0.39 is 9.84 Å². The normalized spacial score (nSPS) is 26.1. The van der Waals surface area contributed by atoms with Crippen molar-refractivity contribution in [1.82, 2.24) is 15.1 Å². The van der Waals surface area contributed by atoms with Crippen molar-refractivity contribution in [2.24, 2.45) is 17.8 Å². The van der Waals surface area contributed by atoms with E-state index in [1.165, 1.54) is 13.5 Å². The molecule has 2 aromatic carbocycles. The zero-order valence-corrected chi connectivity index (χ0v) is 29.7. The number of methoxy groups -OCH3 is 1. The number of nitrogens with zero attached hydrogens (tertiary/aromatic N) is 3. The SMILES string of the molecule is COC(=O)N[C@H]1CCC[C@@H]1[C@](CN1CCC1)(c1cccc(F)c1)C1CCN(CC2CN(c3ccc(S(=O)(=O)C4CCOCC4)cc3)C2)CC1. The van der Waals surface area contributed by atoms with Crippen LogP contribution < -0.4 is 10.2 Å². The number of ether oxygens (including phenoxy) is 2. The first kappa shape index (κ1) is 34.7. The number of sulfone groups is 1. The molecule has 0 aromatic heterocycles. The number of amides is 1. The molecule has 7 rings (SSSR count). The molecule has 4 saturated heterocycles. The molecule has 5 fully saturated rings. The highest BCUT2D eigenvalue weighted by Gasteiger charge is 2.53. The van der Waals surface area contributed by atoms with Gasteiger partial charge in [0.25, 0.3) is 0 Å². The summed E-state index contributed by atoms with van der Waals surface area (Å²) in [6.07, 6.45) is 7.01. The molecule has 4 heterocycles. The summed E-state index contributed by atoms with van der Waals surface area (Å²) in [6.45, 7) is 9.08. The molecule has 0 radical (unpaired) electrons. The first-order valence-electron chi connectivity index (χ1n) is 18.5. The number of benzene rings is 2. The Morgan fingerprint density at radius 3 is 2.33 bits per heavy atom. The van der Waals surface area contributed by atoms with E-state index in [0.29, 0.717) is 42.8 Å². The number of carbonyl (C=O) groups excluding carboxylic acids is 1. The number of hydrogen-bond donors (Lipinski definition) is 1. The monoisotopic (exact) mass is 696 g/mol. The third-order valence-electron chi connectivity index (χ3n) is 12.4. The van der Waals surface area contributed by atoms with Crippen molar-refractivity contribution < 1.29 is 27.1 Å². The van der Waals surface area contributed by atoms with Gasteiger partial charge in [0.2, 0.25) is 0 Å². The molecule has 4 aliphatic heterocycles. The summed E-state index contributed by atoms with van der Waals surface area (Å²) in [5, 5.41) is 2.84. The maximum Gasteiger partial charge on any atom is 0.407 e. The highest BCUT2D eigenvalue weighted by atomic mass is 32.2. The van der Waals surface area contributed by atoms with Crippen LogP contribution in [0.2, 0.25) is 0 Å². The average Bonchev–Trinajstić information content (AvgIpc) is 3.55. The standard InChI is InChI=1S/C38H53FN4O5S/c1-47-37(44)40-36-8-3-7-35(36)38(27-42-17-4-18-42,30-5-2-6-31(39)23-30)29-13-19-41(20-14-29)24-28-25-43(26-28)32-9-11-33(12-10-32)49(45,46)34-15-21-48-22-16-34/h2,5-6,9-12,23,28-29,34-36H,3-4,7-8,13-22,24-27H2,1H3,(H,40,44)/t35-,36-,38-/m0/s1. The van der Waals surface area contributed by atoms with Gasteiger partial charge < -0.3 is 29.5 Å². The third kappa shape index (κ3) is 7.23. The summed E-state index contributed by atoms with van der Waals surface area (Å²) in [4.78, 5) is 20.4. The van der Waals surface area contributed by atoms with Crippen molar-refractivity contribution in [2.45, 2.75) is 73.0 Å². The van der Waals surface area contributed by atoms with Crippen LogP contribution in [-0.4, -0.2) is 108 Å². The molecule has 0 spiro atoms. The molecular weight excluding hydrogens is 644 g/mol. The van der Waals surface area contributed by atoms with Gasteiger partial charge in [-0.15, -0.1) is 0 Å². The number of alkyl carbamates (subject to hydrolysis) is 1. The first-order chi connectivity index (χ1) is 23.8. The van der Waals surface area contributed by atoms with Crippen LogP contribution in [0, 0.1) is 23.6 Å². The Morgan fingerprint density at radius 1 is 0.939 bits per heavy atom. The van der Waals surface area contributed by atoms with E-state index in [1.54, 1.807) is 24.3 Å². The van der Waals surface area contributed by atoms with Crippen molar-refractivity contribution in [3.63, 3.8) is 0 Å².